The molecule has 0 aliphatic carbocycles. The van der Waals surface area contributed by atoms with Crippen LogP contribution in [0.2, 0.25) is 0 Å². The van der Waals surface area contributed by atoms with E-state index in [0.717, 1.165) is 18.3 Å². The molecule has 24 heavy (non-hydrogen) atoms. The zero-order chi connectivity index (χ0) is 18.1. The van der Waals surface area contributed by atoms with Gasteiger partial charge in [-0.1, -0.05) is 27.7 Å². The molecule has 0 fully saturated rings. The molecule has 1 amide bonds. The lowest BCUT2D eigenvalue weighted by Crippen LogP contribution is -2.19. The van der Waals surface area contributed by atoms with E-state index < -0.39 is 10.8 Å². The van der Waals surface area contributed by atoms with E-state index in [9.17, 15) is 14.9 Å². The van der Waals surface area contributed by atoms with Crippen LogP contribution in [0.5, 0.6) is 0 Å². The lowest BCUT2D eigenvalue weighted by molar-refractivity contribution is -0.385. The van der Waals surface area contributed by atoms with Gasteiger partial charge < -0.3 is 5.32 Å². The van der Waals surface area contributed by atoms with E-state index in [4.69, 9.17) is 0 Å². The van der Waals surface area contributed by atoms with Crippen molar-refractivity contribution in [3.63, 3.8) is 0 Å². The first-order chi connectivity index (χ1) is 11.1. The third-order valence-electron chi connectivity index (χ3n) is 4.21. The molecule has 0 aliphatic rings. The average Bonchev–Trinajstić information content (AvgIpc) is 3.04. The van der Waals surface area contributed by atoms with E-state index in [1.807, 2.05) is 0 Å². The van der Waals surface area contributed by atoms with Gasteiger partial charge in [0.25, 0.3) is 5.91 Å². The normalized spacial score (nSPS) is 12.9. The van der Waals surface area contributed by atoms with Gasteiger partial charge in [0.1, 0.15) is 6.20 Å². The number of hydrogen-bond donors (Lipinski definition) is 2. The van der Waals surface area contributed by atoms with Crippen molar-refractivity contribution in [2.45, 2.75) is 34.1 Å². The van der Waals surface area contributed by atoms with Gasteiger partial charge in [0, 0.05) is 18.8 Å². The predicted molar refractivity (Wildman–Crippen MR) is 88.7 cm³/mol. The minimum Gasteiger partial charge on any atom is -0.304 e. The molecule has 0 aromatic carbocycles. The Balaban J connectivity index is 2.12. The maximum atomic E-state index is 12.3. The fourth-order valence-electron chi connectivity index (χ4n) is 2.16. The maximum absolute atomic E-state index is 12.3. The molecule has 0 bridgehead atoms. The van der Waals surface area contributed by atoms with E-state index in [0.29, 0.717) is 11.7 Å². The number of aromatic amines is 1. The quantitative estimate of drug-likeness (QED) is 0.643. The van der Waals surface area contributed by atoms with Gasteiger partial charge in [-0.2, -0.15) is 10.2 Å². The molecule has 9 nitrogen and oxygen atoms in total. The van der Waals surface area contributed by atoms with Gasteiger partial charge in [0.05, 0.1) is 4.92 Å². The molecule has 130 valence electrons. The summed E-state index contributed by atoms with van der Waals surface area (Å²) in [7, 11) is 1.48. The van der Waals surface area contributed by atoms with Crippen molar-refractivity contribution in [3.8, 4) is 0 Å². The fourth-order valence-corrected chi connectivity index (χ4v) is 2.16. The number of amides is 1. The van der Waals surface area contributed by atoms with E-state index >= 15 is 0 Å². The van der Waals surface area contributed by atoms with Crippen LogP contribution in [-0.2, 0) is 13.5 Å². The molecule has 2 N–H and O–H groups in total. The first kappa shape index (κ1) is 17.6. The molecule has 0 saturated carbocycles. The molecule has 1 unspecified atom stereocenters. The number of H-pyrrole nitrogens is 1. The number of nitrogens with one attached hydrogen (secondary N) is 2. The highest BCUT2D eigenvalue weighted by molar-refractivity contribution is 6.05. The van der Waals surface area contributed by atoms with Crippen molar-refractivity contribution in [1.82, 2.24) is 20.0 Å². The van der Waals surface area contributed by atoms with E-state index in [1.165, 1.54) is 11.7 Å². The first-order valence-electron chi connectivity index (χ1n) is 7.61. The third kappa shape index (κ3) is 3.79. The summed E-state index contributed by atoms with van der Waals surface area (Å²) in [5, 5.41) is 24.2. The van der Waals surface area contributed by atoms with Crippen LogP contribution in [-0.4, -0.2) is 30.8 Å². The number of carbonyl (C=O) groups is 1. The molecule has 0 saturated heterocycles. The number of hydrogen-bond acceptors (Lipinski definition) is 5. The molecule has 9 heteroatoms. The van der Waals surface area contributed by atoms with Crippen molar-refractivity contribution >= 4 is 17.4 Å². The smallest absolute Gasteiger partial charge is 0.304 e. The summed E-state index contributed by atoms with van der Waals surface area (Å²) < 4.78 is 1.17. The first-order valence-corrected chi connectivity index (χ1v) is 7.61. The Bertz CT molecular complexity index is 756. The topological polar surface area (TPSA) is 119 Å². The highest BCUT2D eigenvalue weighted by atomic mass is 16.6. The molecule has 0 spiro atoms. The summed E-state index contributed by atoms with van der Waals surface area (Å²) in [4.78, 5) is 22.6. The Kier molecular flexibility index (Phi) is 4.72. The van der Waals surface area contributed by atoms with Crippen LogP contribution >= 0.6 is 0 Å². The van der Waals surface area contributed by atoms with Gasteiger partial charge in [-0.15, -0.1) is 0 Å². The molecule has 1 atom stereocenters. The minimum absolute atomic E-state index is 0.118. The molecular weight excluding hydrogens is 312 g/mol. The predicted octanol–water partition coefficient (Wildman–Crippen LogP) is 2.53. The number of carbonyl (C=O) groups excluding carboxylic acids is 1. The van der Waals surface area contributed by atoms with Crippen molar-refractivity contribution in [2.24, 2.45) is 18.4 Å². The number of anilines is 1. The van der Waals surface area contributed by atoms with Gasteiger partial charge in [0.2, 0.25) is 5.69 Å². The van der Waals surface area contributed by atoms with Crippen LogP contribution in [0, 0.1) is 21.4 Å². The Labute approximate surface area is 139 Å². The average molecular weight is 334 g/mol. The highest BCUT2D eigenvalue weighted by Crippen LogP contribution is 2.28. The van der Waals surface area contributed by atoms with Crippen LogP contribution < -0.4 is 5.32 Å². The van der Waals surface area contributed by atoms with E-state index in [2.05, 4.69) is 48.3 Å². The third-order valence-corrected chi connectivity index (χ3v) is 4.21. The zero-order valence-corrected chi connectivity index (χ0v) is 14.5. The van der Waals surface area contributed by atoms with Crippen molar-refractivity contribution in [2.75, 3.05) is 5.32 Å². The number of aryl methyl sites for hydroxylation is 1. The van der Waals surface area contributed by atoms with E-state index in [-0.39, 0.29) is 16.8 Å². The molecule has 2 aromatic heterocycles. The molecule has 0 aliphatic heterocycles. The summed E-state index contributed by atoms with van der Waals surface area (Å²) in [6.45, 7) is 8.65. The standard InChI is InChI=1S/C15H22N6O3/c1-9(15(2,3)4)6-10-7-12(19-18-10)17-14(22)13-11(21(23)24)8-16-20(13)5/h7-9H,6H2,1-5H3,(H2,17,18,19,22). The molecule has 2 rings (SSSR count). The van der Waals surface area contributed by atoms with Gasteiger partial charge in [-0.25, -0.2) is 0 Å². The van der Waals surface area contributed by atoms with Crippen molar-refractivity contribution in [1.29, 1.82) is 0 Å². The second-order valence-electron chi connectivity index (χ2n) is 6.96. The van der Waals surface area contributed by atoms with Crippen LogP contribution in [0.4, 0.5) is 11.5 Å². The lowest BCUT2D eigenvalue weighted by Gasteiger charge is -2.26. The Morgan fingerprint density at radius 3 is 2.75 bits per heavy atom. The second-order valence-corrected chi connectivity index (χ2v) is 6.96. The second kappa shape index (κ2) is 6.42. The Hall–Kier alpha value is -2.71. The molecule has 2 heterocycles. The molecular formula is C15H22N6O3. The van der Waals surface area contributed by atoms with Gasteiger partial charge in [-0.3, -0.25) is 24.7 Å². The minimum atomic E-state index is -0.636. The summed E-state index contributed by atoms with van der Waals surface area (Å²) in [6, 6.07) is 1.74. The Morgan fingerprint density at radius 1 is 1.50 bits per heavy atom. The van der Waals surface area contributed by atoms with Crippen LogP contribution in [0.3, 0.4) is 0 Å². The van der Waals surface area contributed by atoms with E-state index in [1.54, 1.807) is 6.07 Å². The zero-order valence-electron chi connectivity index (χ0n) is 14.5. The van der Waals surface area contributed by atoms with Crippen LogP contribution in [0.1, 0.15) is 43.9 Å². The summed E-state index contributed by atoms with van der Waals surface area (Å²) in [6.07, 6.45) is 1.84. The molecule has 0 radical (unpaired) electrons. The molecule has 2 aromatic rings. The number of nitrogens with zero attached hydrogens (tertiary/aromatic N) is 4. The lowest BCUT2D eigenvalue weighted by atomic mass is 9.79. The van der Waals surface area contributed by atoms with Gasteiger partial charge >= 0.3 is 5.69 Å². The summed E-state index contributed by atoms with van der Waals surface area (Å²) in [5.41, 5.74) is 0.594. The highest BCUT2D eigenvalue weighted by Gasteiger charge is 2.26. The summed E-state index contributed by atoms with van der Waals surface area (Å²) >= 11 is 0. The Morgan fingerprint density at radius 2 is 2.17 bits per heavy atom. The number of aromatic nitrogens is 4. The van der Waals surface area contributed by atoms with Gasteiger partial charge in [-0.05, 0) is 17.8 Å². The monoisotopic (exact) mass is 334 g/mol. The van der Waals surface area contributed by atoms with Gasteiger partial charge in [0.15, 0.2) is 5.82 Å². The van der Waals surface area contributed by atoms with Crippen molar-refractivity contribution < 1.29 is 9.72 Å². The summed E-state index contributed by atoms with van der Waals surface area (Å²) in [5.74, 6) is 0.120. The van der Waals surface area contributed by atoms with Crippen LogP contribution in [0.15, 0.2) is 12.3 Å². The van der Waals surface area contributed by atoms with Crippen molar-refractivity contribution in [3.05, 3.63) is 33.8 Å². The fraction of sp³-hybridized carbons (Fsp3) is 0.533. The SMILES string of the molecule is CC(Cc1cc(NC(=O)c2c([N+](=O)[O-])cnn2C)n[nH]1)C(C)(C)C. The van der Waals surface area contributed by atoms with Crippen LogP contribution in [0.25, 0.3) is 0 Å². The largest absolute Gasteiger partial charge is 0.320 e. The number of rotatable bonds is 5. The maximum Gasteiger partial charge on any atom is 0.320 e. The number of nitro groups is 1.